The van der Waals surface area contributed by atoms with Crippen molar-refractivity contribution >= 4 is 11.9 Å². The minimum Gasteiger partial charge on any atom is -0.550 e. The lowest BCUT2D eigenvalue weighted by molar-refractivity contribution is -0.305. The van der Waals surface area contributed by atoms with Gasteiger partial charge in [0.1, 0.15) is 5.82 Å². The summed E-state index contributed by atoms with van der Waals surface area (Å²) in [6.45, 7) is 0.520. The lowest BCUT2D eigenvalue weighted by atomic mass is 10.1. The van der Waals surface area contributed by atoms with Gasteiger partial charge in [0.05, 0.1) is 11.4 Å². The number of benzene rings is 3. The number of rotatable bonds is 9. The standard InChI is InChI=1S/C27H24FN3O3/c28-23-13-11-21(12-14-23)27-22(19-31(29-27)24-9-5-2-6-10-24)18-30(25(32)15-16-26(33)34)17-20-7-3-1-4-8-20/h1-14,19H,15-18H2,(H,33,34)/p-1. The van der Waals surface area contributed by atoms with Crippen LogP contribution in [0.5, 0.6) is 0 Å². The van der Waals surface area contributed by atoms with Crippen LogP contribution in [-0.2, 0) is 22.7 Å². The Bertz CT molecular complexity index is 1260. The van der Waals surface area contributed by atoms with E-state index in [1.807, 2.05) is 66.9 Å². The van der Waals surface area contributed by atoms with Crippen molar-refractivity contribution in [2.24, 2.45) is 0 Å². The highest BCUT2D eigenvalue weighted by Crippen LogP contribution is 2.26. The summed E-state index contributed by atoms with van der Waals surface area (Å²) in [6, 6.07) is 25.1. The first-order valence-corrected chi connectivity index (χ1v) is 10.9. The van der Waals surface area contributed by atoms with E-state index in [9.17, 15) is 19.1 Å². The molecule has 1 amide bonds. The largest absolute Gasteiger partial charge is 0.550 e. The van der Waals surface area contributed by atoms with E-state index in [0.29, 0.717) is 17.8 Å². The van der Waals surface area contributed by atoms with Crippen molar-refractivity contribution in [3.63, 3.8) is 0 Å². The monoisotopic (exact) mass is 456 g/mol. The minimum atomic E-state index is -1.27. The second kappa shape index (κ2) is 10.6. The lowest BCUT2D eigenvalue weighted by Crippen LogP contribution is -2.32. The number of carbonyl (C=O) groups excluding carboxylic acids is 2. The fourth-order valence-corrected chi connectivity index (χ4v) is 3.70. The van der Waals surface area contributed by atoms with Crippen molar-refractivity contribution in [1.29, 1.82) is 0 Å². The molecule has 1 heterocycles. The molecule has 4 aromatic rings. The molecule has 0 spiro atoms. The van der Waals surface area contributed by atoms with Crippen molar-refractivity contribution < 1.29 is 19.1 Å². The first-order chi connectivity index (χ1) is 16.5. The highest BCUT2D eigenvalue weighted by Gasteiger charge is 2.20. The van der Waals surface area contributed by atoms with E-state index in [4.69, 9.17) is 5.10 Å². The molecule has 0 saturated heterocycles. The predicted octanol–water partition coefficient (Wildman–Crippen LogP) is 3.74. The second-order valence-corrected chi connectivity index (χ2v) is 7.90. The molecule has 0 N–H and O–H groups in total. The summed E-state index contributed by atoms with van der Waals surface area (Å²) in [4.78, 5) is 25.5. The quantitative estimate of drug-likeness (QED) is 0.384. The number of carboxylic acid groups (broad SMARTS) is 1. The van der Waals surface area contributed by atoms with Gasteiger partial charge in [0.25, 0.3) is 0 Å². The summed E-state index contributed by atoms with van der Waals surface area (Å²) < 4.78 is 15.3. The van der Waals surface area contributed by atoms with Gasteiger partial charge in [-0.2, -0.15) is 5.10 Å². The molecule has 0 unspecified atom stereocenters. The number of nitrogens with zero attached hydrogens (tertiary/aromatic N) is 3. The molecule has 0 fully saturated rings. The molecule has 0 aliphatic heterocycles. The summed E-state index contributed by atoms with van der Waals surface area (Å²) in [6.07, 6.45) is 1.34. The molecule has 0 radical (unpaired) electrons. The van der Waals surface area contributed by atoms with Crippen LogP contribution in [0.25, 0.3) is 16.9 Å². The minimum absolute atomic E-state index is 0.159. The number of aromatic nitrogens is 2. The number of halogens is 1. The smallest absolute Gasteiger partial charge is 0.223 e. The number of para-hydroxylation sites is 1. The van der Waals surface area contributed by atoms with Crippen molar-refractivity contribution in [2.45, 2.75) is 25.9 Å². The van der Waals surface area contributed by atoms with Gasteiger partial charge in [-0.1, -0.05) is 48.5 Å². The average molecular weight is 456 g/mol. The predicted molar refractivity (Wildman–Crippen MR) is 124 cm³/mol. The summed E-state index contributed by atoms with van der Waals surface area (Å²) >= 11 is 0. The van der Waals surface area contributed by atoms with E-state index in [1.54, 1.807) is 21.7 Å². The molecule has 0 bridgehead atoms. The van der Waals surface area contributed by atoms with E-state index >= 15 is 0 Å². The Balaban J connectivity index is 1.71. The molecule has 0 saturated carbocycles. The maximum atomic E-state index is 13.5. The molecule has 0 aliphatic carbocycles. The fourth-order valence-electron chi connectivity index (χ4n) is 3.70. The Hall–Kier alpha value is -4.26. The van der Waals surface area contributed by atoms with Crippen LogP contribution in [0.15, 0.2) is 91.1 Å². The molecule has 7 heteroatoms. The number of carboxylic acids is 1. The zero-order chi connectivity index (χ0) is 23.9. The molecule has 34 heavy (non-hydrogen) atoms. The van der Waals surface area contributed by atoms with E-state index < -0.39 is 5.97 Å². The molecule has 1 aromatic heterocycles. The van der Waals surface area contributed by atoms with E-state index in [2.05, 4.69) is 0 Å². The van der Waals surface area contributed by atoms with Crippen LogP contribution in [0.3, 0.4) is 0 Å². The second-order valence-electron chi connectivity index (χ2n) is 7.90. The molecule has 4 rings (SSSR count). The molecule has 0 atom stereocenters. The number of hydrogen-bond donors (Lipinski definition) is 0. The van der Waals surface area contributed by atoms with Gasteiger partial charge in [-0.25, -0.2) is 9.07 Å². The van der Waals surface area contributed by atoms with Crippen LogP contribution in [0.4, 0.5) is 4.39 Å². The maximum Gasteiger partial charge on any atom is 0.223 e. The van der Waals surface area contributed by atoms with Crippen LogP contribution in [0.1, 0.15) is 24.0 Å². The Morgan fingerprint density at radius 1 is 0.853 bits per heavy atom. The SMILES string of the molecule is O=C([O-])CCC(=O)N(Cc1ccccc1)Cc1cn(-c2ccccc2)nc1-c1ccc(F)cc1. The highest BCUT2D eigenvalue weighted by atomic mass is 19.1. The van der Waals surface area contributed by atoms with Crippen molar-refractivity contribution in [1.82, 2.24) is 14.7 Å². The molecule has 172 valence electrons. The van der Waals surface area contributed by atoms with Crippen molar-refractivity contribution in [3.05, 3.63) is 108 Å². The third-order valence-corrected chi connectivity index (χ3v) is 5.40. The van der Waals surface area contributed by atoms with Crippen LogP contribution < -0.4 is 5.11 Å². The molecule has 0 aliphatic rings. The highest BCUT2D eigenvalue weighted by molar-refractivity contribution is 5.80. The van der Waals surface area contributed by atoms with Gasteiger partial charge >= 0.3 is 0 Å². The normalized spacial score (nSPS) is 10.7. The Morgan fingerprint density at radius 2 is 1.50 bits per heavy atom. The number of hydrogen-bond acceptors (Lipinski definition) is 4. The van der Waals surface area contributed by atoms with Gasteiger partial charge in [0, 0.05) is 42.8 Å². The number of aliphatic carboxylic acids is 1. The van der Waals surface area contributed by atoms with E-state index in [1.165, 1.54) is 12.1 Å². The topological polar surface area (TPSA) is 78.3 Å². The summed E-state index contributed by atoms with van der Waals surface area (Å²) in [7, 11) is 0. The third-order valence-electron chi connectivity index (χ3n) is 5.40. The maximum absolute atomic E-state index is 13.5. The van der Waals surface area contributed by atoms with Crippen LogP contribution in [0, 0.1) is 5.82 Å². The van der Waals surface area contributed by atoms with Gasteiger partial charge in [-0.05, 0) is 48.4 Å². The van der Waals surface area contributed by atoms with Gasteiger partial charge in [0.2, 0.25) is 5.91 Å². The first kappa shape index (κ1) is 22.9. The van der Waals surface area contributed by atoms with Gasteiger partial charge < -0.3 is 14.8 Å². The number of carbonyl (C=O) groups is 2. The molecule has 3 aromatic carbocycles. The van der Waals surface area contributed by atoms with Crippen molar-refractivity contribution in [3.8, 4) is 16.9 Å². The van der Waals surface area contributed by atoms with Gasteiger partial charge in [-0.15, -0.1) is 0 Å². The molecule has 6 nitrogen and oxygen atoms in total. The zero-order valence-corrected chi connectivity index (χ0v) is 18.4. The van der Waals surface area contributed by atoms with Crippen LogP contribution >= 0.6 is 0 Å². The summed E-state index contributed by atoms with van der Waals surface area (Å²) in [5, 5.41) is 15.7. The Labute approximate surface area is 196 Å². The first-order valence-electron chi connectivity index (χ1n) is 10.9. The van der Waals surface area contributed by atoms with E-state index in [-0.39, 0.29) is 31.1 Å². The number of amides is 1. The molecular formula is C27H23FN3O3-. The van der Waals surface area contributed by atoms with Crippen molar-refractivity contribution in [2.75, 3.05) is 0 Å². The third kappa shape index (κ3) is 5.75. The fraction of sp³-hybridized carbons (Fsp3) is 0.148. The summed E-state index contributed by atoms with van der Waals surface area (Å²) in [5.74, 6) is -1.92. The lowest BCUT2D eigenvalue weighted by Gasteiger charge is -2.23. The van der Waals surface area contributed by atoms with Gasteiger partial charge in [0.15, 0.2) is 0 Å². The average Bonchev–Trinajstić information content (AvgIpc) is 3.27. The Morgan fingerprint density at radius 3 is 2.15 bits per heavy atom. The van der Waals surface area contributed by atoms with Crippen LogP contribution in [-0.4, -0.2) is 26.6 Å². The molecular weight excluding hydrogens is 433 g/mol. The van der Waals surface area contributed by atoms with Gasteiger partial charge in [-0.3, -0.25) is 4.79 Å². The summed E-state index contributed by atoms with van der Waals surface area (Å²) in [5.41, 5.74) is 3.86. The zero-order valence-electron chi connectivity index (χ0n) is 18.4. The van der Waals surface area contributed by atoms with Crippen LogP contribution in [0.2, 0.25) is 0 Å². The van der Waals surface area contributed by atoms with E-state index in [0.717, 1.165) is 16.8 Å². The Kier molecular flexibility index (Phi) is 7.13.